The summed E-state index contributed by atoms with van der Waals surface area (Å²) in [6.07, 6.45) is 5.83. The molecule has 0 bridgehead atoms. The largest absolute Gasteiger partial charge is 0.370 e. The van der Waals surface area contributed by atoms with Crippen LogP contribution in [-0.2, 0) is 0 Å². The average molecular weight is 249 g/mol. The molecule has 1 aliphatic carbocycles. The van der Waals surface area contributed by atoms with Crippen LogP contribution in [0.1, 0.15) is 25.7 Å². The number of nitrogens with two attached hydrogens (primary N) is 1. The molecule has 1 fully saturated rings. The van der Waals surface area contributed by atoms with Crippen molar-refractivity contribution in [1.29, 1.82) is 0 Å². The number of anilines is 1. The van der Waals surface area contributed by atoms with E-state index < -0.39 is 4.92 Å². The van der Waals surface area contributed by atoms with Gasteiger partial charge >= 0.3 is 5.69 Å². The lowest BCUT2D eigenvalue weighted by molar-refractivity contribution is -0.384. The van der Waals surface area contributed by atoms with Gasteiger partial charge in [-0.3, -0.25) is 10.1 Å². The van der Waals surface area contributed by atoms with E-state index in [0.717, 1.165) is 25.7 Å². The van der Waals surface area contributed by atoms with Crippen LogP contribution >= 0.6 is 0 Å². The maximum Gasteiger partial charge on any atom is 0.311 e. The van der Waals surface area contributed by atoms with Crippen LogP contribution in [0.15, 0.2) is 23.3 Å². The van der Waals surface area contributed by atoms with Gasteiger partial charge in [0.05, 0.1) is 11.0 Å². The molecule has 1 saturated carbocycles. The third kappa shape index (κ3) is 2.93. The quantitative estimate of drug-likeness (QED) is 0.366. The number of hydrogen-bond donors (Lipinski definition) is 2. The second-order valence-corrected chi connectivity index (χ2v) is 4.21. The molecule has 96 valence electrons. The molecule has 0 saturated heterocycles. The molecule has 1 aromatic rings. The van der Waals surface area contributed by atoms with Crippen LogP contribution < -0.4 is 11.1 Å². The first-order valence-electron chi connectivity index (χ1n) is 5.86. The molecule has 0 spiro atoms. The molecule has 2 rings (SSSR count). The number of nitrogens with one attached hydrogen (secondary N) is 1. The van der Waals surface area contributed by atoms with Crippen LogP contribution in [0.4, 0.5) is 11.5 Å². The summed E-state index contributed by atoms with van der Waals surface area (Å²) < 4.78 is 0. The molecule has 18 heavy (non-hydrogen) atoms. The summed E-state index contributed by atoms with van der Waals surface area (Å²) in [5.74, 6) is 0.311. The lowest BCUT2D eigenvalue weighted by Gasteiger charge is -2.07. The van der Waals surface area contributed by atoms with Crippen LogP contribution in [0.25, 0.3) is 0 Å². The van der Waals surface area contributed by atoms with Crippen LogP contribution in [-0.4, -0.2) is 21.9 Å². The number of pyridine rings is 1. The maximum absolute atomic E-state index is 10.8. The molecule has 0 aromatic carbocycles. The standard InChI is InChI=1S/C11H15N5O2/c12-11(14-8-4-1-2-5-8)15-10-9(16(17)18)6-3-7-13-10/h3,6-8H,1-2,4-5H2,(H3,12,13,14,15). The highest BCUT2D eigenvalue weighted by atomic mass is 16.6. The third-order valence-corrected chi connectivity index (χ3v) is 2.88. The summed E-state index contributed by atoms with van der Waals surface area (Å²) in [6.45, 7) is 0. The minimum atomic E-state index is -0.502. The van der Waals surface area contributed by atoms with E-state index >= 15 is 0 Å². The number of hydrogen-bond acceptors (Lipinski definition) is 4. The van der Waals surface area contributed by atoms with Crippen molar-refractivity contribution in [3.8, 4) is 0 Å². The summed E-state index contributed by atoms with van der Waals surface area (Å²) in [7, 11) is 0. The van der Waals surface area contributed by atoms with Gasteiger partial charge in [-0.25, -0.2) is 9.98 Å². The Balaban J connectivity index is 2.11. The highest BCUT2D eigenvalue weighted by Crippen LogP contribution is 2.22. The predicted octanol–water partition coefficient (Wildman–Crippen LogP) is 1.66. The molecule has 1 aliphatic rings. The number of aromatic nitrogens is 1. The fourth-order valence-electron chi connectivity index (χ4n) is 2.02. The first-order chi connectivity index (χ1) is 8.66. The summed E-state index contributed by atoms with van der Waals surface area (Å²) in [6, 6.07) is 3.10. The SMILES string of the molecule is NC(=NC1CCCC1)Nc1ncccc1[N+](=O)[O-]. The molecule has 0 atom stereocenters. The van der Waals surface area contributed by atoms with E-state index in [4.69, 9.17) is 5.73 Å². The molecule has 7 heteroatoms. The van der Waals surface area contributed by atoms with Gasteiger partial charge in [-0.15, -0.1) is 0 Å². The number of aliphatic imine (C=N–C) groups is 1. The molecular weight excluding hydrogens is 234 g/mol. The maximum atomic E-state index is 10.8. The van der Waals surface area contributed by atoms with Crippen LogP contribution in [0, 0.1) is 10.1 Å². The Morgan fingerprint density at radius 3 is 2.94 bits per heavy atom. The second-order valence-electron chi connectivity index (χ2n) is 4.21. The number of nitro groups is 1. The van der Waals surface area contributed by atoms with Gasteiger partial charge in [0.2, 0.25) is 5.82 Å². The second kappa shape index (κ2) is 5.44. The van der Waals surface area contributed by atoms with Gasteiger partial charge in [0.1, 0.15) is 0 Å². The van der Waals surface area contributed by atoms with Crippen molar-refractivity contribution in [2.75, 3.05) is 5.32 Å². The highest BCUT2D eigenvalue weighted by molar-refractivity contribution is 5.93. The summed E-state index contributed by atoms with van der Waals surface area (Å²) in [4.78, 5) is 18.5. The van der Waals surface area contributed by atoms with E-state index in [1.54, 1.807) is 0 Å². The summed E-state index contributed by atoms with van der Waals surface area (Å²) >= 11 is 0. The van der Waals surface area contributed by atoms with Gasteiger partial charge in [-0.1, -0.05) is 12.8 Å². The lowest BCUT2D eigenvalue weighted by atomic mass is 10.3. The zero-order valence-corrected chi connectivity index (χ0v) is 9.87. The Labute approximate surface area is 104 Å². The minimum absolute atomic E-state index is 0.109. The van der Waals surface area contributed by atoms with Gasteiger partial charge < -0.3 is 11.1 Å². The number of nitrogens with zero attached hydrogens (tertiary/aromatic N) is 3. The van der Waals surface area contributed by atoms with E-state index in [1.165, 1.54) is 18.3 Å². The molecule has 1 aromatic heterocycles. The van der Waals surface area contributed by atoms with E-state index in [-0.39, 0.29) is 23.5 Å². The molecule has 0 unspecified atom stereocenters. The van der Waals surface area contributed by atoms with Crippen molar-refractivity contribution in [3.05, 3.63) is 28.4 Å². The van der Waals surface area contributed by atoms with Crippen molar-refractivity contribution in [1.82, 2.24) is 4.98 Å². The molecule has 0 aliphatic heterocycles. The molecule has 7 nitrogen and oxygen atoms in total. The first kappa shape index (κ1) is 12.3. The van der Waals surface area contributed by atoms with Gasteiger partial charge in [-0.05, 0) is 18.9 Å². The van der Waals surface area contributed by atoms with E-state index in [1.807, 2.05) is 0 Å². The van der Waals surface area contributed by atoms with Crippen LogP contribution in [0.2, 0.25) is 0 Å². The summed E-state index contributed by atoms with van der Waals surface area (Å²) in [5.41, 5.74) is 5.62. The summed E-state index contributed by atoms with van der Waals surface area (Å²) in [5, 5.41) is 13.5. The zero-order valence-electron chi connectivity index (χ0n) is 9.87. The average Bonchev–Trinajstić information content (AvgIpc) is 2.82. The van der Waals surface area contributed by atoms with Gasteiger partial charge in [-0.2, -0.15) is 0 Å². The van der Waals surface area contributed by atoms with Gasteiger partial charge in [0, 0.05) is 12.3 Å². The Morgan fingerprint density at radius 2 is 2.28 bits per heavy atom. The van der Waals surface area contributed by atoms with E-state index in [9.17, 15) is 10.1 Å². The van der Waals surface area contributed by atoms with Crippen molar-refractivity contribution < 1.29 is 4.92 Å². The van der Waals surface area contributed by atoms with Crippen molar-refractivity contribution >= 4 is 17.5 Å². The van der Waals surface area contributed by atoms with Crippen molar-refractivity contribution in [2.45, 2.75) is 31.7 Å². The van der Waals surface area contributed by atoms with Crippen LogP contribution in [0.3, 0.4) is 0 Å². The monoisotopic (exact) mass is 249 g/mol. The molecule has 0 amide bonds. The Morgan fingerprint density at radius 1 is 1.56 bits per heavy atom. The smallest absolute Gasteiger partial charge is 0.311 e. The predicted molar refractivity (Wildman–Crippen MR) is 68.4 cm³/mol. The third-order valence-electron chi connectivity index (χ3n) is 2.88. The zero-order chi connectivity index (χ0) is 13.0. The van der Waals surface area contributed by atoms with E-state index in [0.29, 0.717) is 0 Å². The van der Waals surface area contributed by atoms with Gasteiger partial charge in [0.25, 0.3) is 0 Å². The lowest BCUT2D eigenvalue weighted by Crippen LogP contribution is -2.25. The topological polar surface area (TPSA) is 106 Å². The number of rotatable bonds is 3. The highest BCUT2D eigenvalue weighted by Gasteiger charge is 2.17. The molecule has 1 heterocycles. The van der Waals surface area contributed by atoms with Gasteiger partial charge in [0.15, 0.2) is 5.96 Å². The normalized spacial score (nSPS) is 16.8. The van der Waals surface area contributed by atoms with Crippen molar-refractivity contribution in [3.63, 3.8) is 0 Å². The molecule has 3 N–H and O–H groups in total. The fourth-order valence-corrected chi connectivity index (χ4v) is 2.02. The first-order valence-corrected chi connectivity index (χ1v) is 5.86. The molecule has 0 radical (unpaired) electrons. The molecular formula is C11H15N5O2. The Hall–Kier alpha value is -2.18. The fraction of sp³-hybridized carbons (Fsp3) is 0.455. The van der Waals surface area contributed by atoms with E-state index in [2.05, 4.69) is 15.3 Å². The number of guanidine groups is 1. The Kier molecular flexibility index (Phi) is 3.71. The van der Waals surface area contributed by atoms with Crippen LogP contribution in [0.5, 0.6) is 0 Å². The Bertz CT molecular complexity index is 468. The minimum Gasteiger partial charge on any atom is -0.370 e. The van der Waals surface area contributed by atoms with Crippen molar-refractivity contribution in [2.24, 2.45) is 10.7 Å².